The van der Waals surface area contributed by atoms with Crippen LogP contribution in [0.4, 0.5) is 0 Å². The normalized spacial score (nSPS) is 15.4. The molecule has 0 radical (unpaired) electrons. The fourth-order valence-corrected chi connectivity index (χ4v) is 74.6. The minimum Gasteiger partial charge on any atom is -0.436 e. The summed E-state index contributed by atoms with van der Waals surface area (Å²) >= 11 is 0. The van der Waals surface area contributed by atoms with Crippen LogP contribution in [0.3, 0.4) is 0 Å². The molecule has 74 heavy (non-hydrogen) atoms. The Hall–Kier alpha value is 0.463. The van der Waals surface area contributed by atoms with E-state index in [1.807, 2.05) is 39.0 Å². The molecule has 0 saturated heterocycles. The zero-order valence-electron chi connectivity index (χ0n) is 51.4. The molecule has 1 unspecified atom stereocenters. The van der Waals surface area contributed by atoms with Gasteiger partial charge in [0.1, 0.15) is 0 Å². The summed E-state index contributed by atoms with van der Waals surface area (Å²) in [5.74, 6) is 0. The summed E-state index contributed by atoms with van der Waals surface area (Å²) in [5.41, 5.74) is 2.63. The van der Waals surface area contributed by atoms with E-state index in [0.717, 1.165) is 35.2 Å². The molecule has 0 saturated carbocycles. The van der Waals surface area contributed by atoms with Crippen LogP contribution in [0.1, 0.15) is 53.2 Å². The van der Waals surface area contributed by atoms with Crippen LogP contribution in [0.2, 0.25) is 169 Å². The Labute approximate surface area is 463 Å². The lowest BCUT2D eigenvalue weighted by molar-refractivity contribution is 0.105. The Morgan fingerprint density at radius 1 is 0.419 bits per heavy atom. The molecule has 14 nitrogen and oxygen atoms in total. The summed E-state index contributed by atoms with van der Waals surface area (Å²) in [5, 5.41) is 0.399. The van der Waals surface area contributed by atoms with Crippen molar-refractivity contribution >= 4 is 120 Å². The number of unbranched alkanes of at least 4 members (excludes halogenated alkanes) is 1. The fraction of sp³-hybridized carbons (Fsp3) is 0.723. The molecule has 2 aromatic rings. The van der Waals surface area contributed by atoms with Crippen LogP contribution in [0.15, 0.2) is 42.5 Å². The van der Waals surface area contributed by atoms with Gasteiger partial charge >= 0.3 is 93.0 Å². The topological polar surface area (TPSA) is 145 Å². The van der Waals surface area contributed by atoms with Crippen molar-refractivity contribution < 1.29 is 59.1 Å². The maximum Gasteiger partial charge on any atom is 0.314 e. The number of rotatable bonds is 33. The minimum absolute atomic E-state index is 0.152. The number of hydrogen-bond acceptors (Lipinski definition) is 14. The molecular weight excluding hydrogens is 1160 g/mol. The third kappa shape index (κ3) is 25.5. The predicted molar refractivity (Wildman–Crippen MR) is 335 cm³/mol. The highest BCUT2D eigenvalue weighted by molar-refractivity contribution is 7.83. The molecule has 0 aliphatic rings. The van der Waals surface area contributed by atoms with Crippen LogP contribution in [0, 0.1) is 20.8 Å². The Kier molecular flexibility index (Phi) is 24.9. The monoisotopic (exact) mass is 1260 g/mol. The average molecular weight is 1260 g/mol. The van der Waals surface area contributed by atoms with E-state index in [2.05, 4.69) is 164 Å². The Morgan fingerprint density at radius 2 is 0.689 bits per heavy atom. The van der Waals surface area contributed by atoms with Gasteiger partial charge in [0.25, 0.3) is 5.52 Å². The molecule has 0 N–H and O–H groups in total. The van der Waals surface area contributed by atoms with E-state index < -0.39 is 115 Å². The Bertz CT molecular complexity index is 2180. The summed E-state index contributed by atoms with van der Waals surface area (Å²) in [6.07, 6.45) is 2.91. The van der Waals surface area contributed by atoms with Crippen molar-refractivity contribution in [2.75, 3.05) is 6.61 Å². The van der Waals surface area contributed by atoms with E-state index in [1.54, 1.807) is 24.3 Å². The van der Waals surface area contributed by atoms with E-state index in [-0.39, 0.29) is 6.61 Å². The van der Waals surface area contributed by atoms with Gasteiger partial charge in [0.15, 0.2) is 16.6 Å². The third-order valence-electron chi connectivity index (χ3n) is 11.1. The lowest BCUT2D eigenvalue weighted by Gasteiger charge is -2.45. The van der Waals surface area contributed by atoms with Gasteiger partial charge in [0.05, 0.1) is 6.61 Å². The molecule has 27 heteroatoms. The number of hydrogen-bond donors (Lipinski definition) is 0. The van der Waals surface area contributed by atoms with Crippen molar-refractivity contribution in [3.8, 4) is 0 Å². The number of benzene rings is 2. The van der Waals surface area contributed by atoms with Gasteiger partial charge in [-0.3, -0.25) is 9.36 Å². The molecule has 0 spiro atoms. The van der Waals surface area contributed by atoms with Crippen LogP contribution in [0.5, 0.6) is 0 Å². The van der Waals surface area contributed by atoms with Gasteiger partial charge in [0, 0.05) is 10.9 Å². The molecule has 2 rings (SSSR count). The minimum atomic E-state index is -3.92. The highest BCUT2D eigenvalue weighted by atomic mass is 31.2. The summed E-state index contributed by atoms with van der Waals surface area (Å²) in [6, 6.07) is 14.6. The molecule has 0 heterocycles. The quantitative estimate of drug-likeness (QED) is 0.0380. The van der Waals surface area contributed by atoms with Gasteiger partial charge in [-0.05, 0) is 220 Å². The first kappa shape index (κ1) is 70.6. The van der Waals surface area contributed by atoms with Crippen LogP contribution in [0.25, 0.3) is 0 Å². The molecular formula is C47H103O14PSi12. The van der Waals surface area contributed by atoms with Crippen molar-refractivity contribution in [1.29, 1.82) is 0 Å². The fourth-order valence-electron chi connectivity index (χ4n) is 10.8. The summed E-state index contributed by atoms with van der Waals surface area (Å²) in [7, 11) is -35.5. The van der Waals surface area contributed by atoms with Crippen LogP contribution < -0.4 is 5.30 Å². The molecule has 2 aromatic carbocycles. The first-order valence-corrected chi connectivity index (χ1v) is 62.5. The van der Waals surface area contributed by atoms with Crippen molar-refractivity contribution in [1.82, 2.24) is 0 Å². The van der Waals surface area contributed by atoms with Crippen LogP contribution >= 0.6 is 7.37 Å². The van der Waals surface area contributed by atoms with E-state index in [4.69, 9.17) is 49.8 Å². The van der Waals surface area contributed by atoms with Gasteiger partial charge in [-0.15, -0.1) is 0 Å². The average Bonchev–Trinajstić information content (AvgIpc) is 3.09. The molecule has 1 atom stereocenters. The van der Waals surface area contributed by atoms with Crippen molar-refractivity contribution in [2.45, 2.75) is 216 Å². The van der Waals surface area contributed by atoms with Gasteiger partial charge in [-0.25, -0.2) is 0 Å². The van der Waals surface area contributed by atoms with Crippen molar-refractivity contribution in [2.24, 2.45) is 0 Å². The summed E-state index contributed by atoms with van der Waals surface area (Å²) < 4.78 is 96.5. The second-order valence-electron chi connectivity index (χ2n) is 25.6. The highest BCUT2D eigenvalue weighted by Gasteiger charge is 2.52. The predicted octanol–water partition coefficient (Wildman–Crippen LogP) is 15.2. The second kappa shape index (κ2) is 26.1. The first-order chi connectivity index (χ1) is 32.9. The lowest BCUT2D eigenvalue weighted by Crippen LogP contribution is -2.62. The molecule has 0 bridgehead atoms. The smallest absolute Gasteiger partial charge is 0.314 e. The van der Waals surface area contributed by atoms with E-state index in [1.165, 1.54) is 6.42 Å². The zero-order valence-corrected chi connectivity index (χ0v) is 64.3. The number of carbonyl (C=O) groups is 1. The van der Waals surface area contributed by atoms with E-state index >= 15 is 0 Å². The molecule has 0 aromatic heterocycles. The maximum atomic E-state index is 14.7. The number of aryl methyl sites for hydroxylation is 3. The Morgan fingerprint density at radius 3 is 0.973 bits per heavy atom. The van der Waals surface area contributed by atoms with Gasteiger partial charge < -0.3 is 49.8 Å². The van der Waals surface area contributed by atoms with Gasteiger partial charge in [-0.1, -0.05) is 55.7 Å². The van der Waals surface area contributed by atoms with Crippen LogP contribution in [-0.2, 0) is 54.4 Å². The third-order valence-corrected chi connectivity index (χ3v) is 60.2. The molecule has 0 aliphatic carbocycles. The zero-order chi connectivity index (χ0) is 57.6. The highest BCUT2D eigenvalue weighted by Crippen LogP contribution is 2.50. The lowest BCUT2D eigenvalue weighted by atomic mass is 10.0. The van der Waals surface area contributed by atoms with Gasteiger partial charge in [0.2, 0.25) is 0 Å². The first-order valence-electron chi connectivity index (χ1n) is 26.5. The summed E-state index contributed by atoms with van der Waals surface area (Å²) in [4.78, 5) is 14.1. The van der Waals surface area contributed by atoms with Crippen LogP contribution in [-0.4, -0.2) is 114 Å². The van der Waals surface area contributed by atoms with E-state index in [0.29, 0.717) is 17.3 Å². The number of carbonyl (C=O) groups excluding carboxylic acids is 1. The Balaban J connectivity index is 2.05. The molecule has 428 valence electrons. The molecule has 0 aliphatic heterocycles. The maximum absolute atomic E-state index is 14.7. The largest absolute Gasteiger partial charge is 0.436 e. The summed E-state index contributed by atoms with van der Waals surface area (Å²) in [6.45, 7) is 58.5. The van der Waals surface area contributed by atoms with Gasteiger partial charge in [-0.2, -0.15) is 0 Å². The van der Waals surface area contributed by atoms with Crippen molar-refractivity contribution in [3.05, 3.63) is 64.7 Å². The SMILES string of the molecule is CCCC[Si](C)(C)O[Si](C)(C)O[Si](C)(C)O[Si](C)(C)O[Si](C)(C)O[Si](C)(C)O[Si](C)(C)O[Si](C)(C)O[Si](C)(C)O[Si](C)(C)O[Si](C)(C)O[Si](C)(C)CCCOP(=O)(C(=O)c1c(C)cc(C)cc1C)c1ccccc1. The van der Waals surface area contributed by atoms with Crippen molar-refractivity contribution in [3.63, 3.8) is 0 Å². The van der Waals surface area contributed by atoms with E-state index in [9.17, 15) is 9.36 Å². The molecule has 0 amide bonds. The standard InChI is InChI=1S/C47H103O14PSi12/c1-29-30-38-63(5,6)51-65(9,10)53-67(13,14)55-69(17,18)57-71(21,22)59-73(25,26)61-74(27,28)60-72(23,24)58-70(19,20)56-68(15,16)54-66(11,12)52-64(7,8)39-34-37-50-62(49,45-35-32-31-33-36-45)47(48)46-43(3)40-42(2)41-44(46)4/h31-33,35-36,40-41H,29-30,34,37-39H2,1-28H3. The molecule has 0 fully saturated rings. The second-order valence-corrected chi connectivity index (χ2v) is 72.9.